The summed E-state index contributed by atoms with van der Waals surface area (Å²) in [7, 11) is 0. The smallest absolute Gasteiger partial charge is 0.129 e. The van der Waals surface area contributed by atoms with Gasteiger partial charge in [0.1, 0.15) is 5.82 Å². The first-order valence-corrected chi connectivity index (χ1v) is 5.53. The third-order valence-electron chi connectivity index (χ3n) is 2.68. The maximum absolute atomic E-state index is 13.5. The largest absolute Gasteiger partial charge is 0.381 e. The summed E-state index contributed by atoms with van der Waals surface area (Å²) < 4.78 is 13.5. The van der Waals surface area contributed by atoms with Crippen molar-refractivity contribution in [2.24, 2.45) is 0 Å². The van der Waals surface area contributed by atoms with Gasteiger partial charge in [0.05, 0.1) is 11.6 Å². The van der Waals surface area contributed by atoms with E-state index in [9.17, 15) is 4.39 Å². The Labute approximate surface area is 105 Å². The molecule has 4 heteroatoms. The molecule has 2 aromatic rings. The molecular formula is C14H12FN3. The van der Waals surface area contributed by atoms with Crippen molar-refractivity contribution in [1.29, 1.82) is 5.26 Å². The summed E-state index contributed by atoms with van der Waals surface area (Å²) in [5.74, 6) is -0.372. The average molecular weight is 241 g/mol. The Kier molecular flexibility index (Phi) is 3.54. The maximum atomic E-state index is 13.5. The number of pyridine rings is 1. The number of hydrogen-bond donors (Lipinski definition) is 1. The monoisotopic (exact) mass is 241 g/mol. The van der Waals surface area contributed by atoms with Crippen LogP contribution in [0.25, 0.3) is 0 Å². The quantitative estimate of drug-likeness (QED) is 0.898. The van der Waals surface area contributed by atoms with Crippen LogP contribution in [0.1, 0.15) is 16.7 Å². The number of benzene rings is 1. The number of nitrogens with zero attached hydrogens (tertiary/aromatic N) is 2. The summed E-state index contributed by atoms with van der Waals surface area (Å²) in [5, 5.41) is 11.9. The summed E-state index contributed by atoms with van der Waals surface area (Å²) >= 11 is 0. The second kappa shape index (κ2) is 5.28. The number of nitriles is 1. The molecule has 1 N–H and O–H groups in total. The van der Waals surface area contributed by atoms with Crippen LogP contribution in [0.3, 0.4) is 0 Å². The predicted molar refractivity (Wildman–Crippen MR) is 67.4 cm³/mol. The Balaban J connectivity index is 2.19. The van der Waals surface area contributed by atoms with Crippen molar-refractivity contribution < 1.29 is 4.39 Å². The molecule has 1 aromatic heterocycles. The van der Waals surface area contributed by atoms with Crippen LogP contribution in [0.4, 0.5) is 10.1 Å². The first-order valence-electron chi connectivity index (χ1n) is 5.53. The highest BCUT2D eigenvalue weighted by molar-refractivity contribution is 5.56. The molecule has 3 nitrogen and oxygen atoms in total. The molecule has 90 valence electrons. The van der Waals surface area contributed by atoms with E-state index in [1.807, 2.05) is 18.2 Å². The lowest BCUT2D eigenvalue weighted by atomic mass is 10.1. The second-order valence-electron chi connectivity index (χ2n) is 3.96. The lowest BCUT2D eigenvalue weighted by Crippen LogP contribution is -2.03. The fraction of sp³-hybridized carbons (Fsp3) is 0.143. The number of hydrogen-bond acceptors (Lipinski definition) is 3. The summed E-state index contributed by atoms with van der Waals surface area (Å²) in [6.07, 6.45) is 3.44. The lowest BCUT2D eigenvalue weighted by Gasteiger charge is -2.10. The number of nitrogens with one attached hydrogen (secondary N) is 1. The molecule has 0 radical (unpaired) electrons. The minimum atomic E-state index is -0.372. The summed E-state index contributed by atoms with van der Waals surface area (Å²) in [6, 6.07) is 8.60. The van der Waals surface area contributed by atoms with Gasteiger partial charge < -0.3 is 5.32 Å². The maximum Gasteiger partial charge on any atom is 0.129 e. The van der Waals surface area contributed by atoms with Crippen LogP contribution >= 0.6 is 0 Å². The molecule has 2 rings (SSSR count). The molecule has 0 saturated heterocycles. The molecule has 0 fully saturated rings. The van der Waals surface area contributed by atoms with Gasteiger partial charge in [-0.3, -0.25) is 4.98 Å². The van der Waals surface area contributed by atoms with Crippen molar-refractivity contribution in [3.05, 3.63) is 59.2 Å². The Bertz CT molecular complexity index is 588. The molecule has 0 aliphatic carbocycles. The van der Waals surface area contributed by atoms with Gasteiger partial charge in [-0.15, -0.1) is 0 Å². The molecule has 18 heavy (non-hydrogen) atoms. The molecule has 0 atom stereocenters. The minimum absolute atomic E-state index is 0.312. The zero-order chi connectivity index (χ0) is 13.0. The van der Waals surface area contributed by atoms with Crippen molar-refractivity contribution >= 4 is 5.69 Å². The SMILES string of the molecule is Cc1c(F)cc(C#N)cc1NCc1cccnc1. The first kappa shape index (κ1) is 12.1. The number of anilines is 1. The number of halogens is 1. The van der Waals surface area contributed by atoms with E-state index in [0.29, 0.717) is 23.4 Å². The third kappa shape index (κ3) is 2.64. The van der Waals surface area contributed by atoms with Gasteiger partial charge in [0.2, 0.25) is 0 Å². The van der Waals surface area contributed by atoms with E-state index in [-0.39, 0.29) is 5.82 Å². The van der Waals surface area contributed by atoms with Gasteiger partial charge in [-0.25, -0.2) is 4.39 Å². The van der Waals surface area contributed by atoms with Crippen LogP contribution in [0, 0.1) is 24.1 Å². The molecule has 0 saturated carbocycles. The number of rotatable bonds is 3. The fourth-order valence-electron chi connectivity index (χ4n) is 1.63. The molecule has 0 aliphatic heterocycles. The zero-order valence-corrected chi connectivity index (χ0v) is 9.94. The topological polar surface area (TPSA) is 48.7 Å². The van der Waals surface area contributed by atoms with Crippen LogP contribution in [0.2, 0.25) is 0 Å². The van der Waals surface area contributed by atoms with Crippen molar-refractivity contribution in [2.75, 3.05) is 5.32 Å². The van der Waals surface area contributed by atoms with E-state index in [1.54, 1.807) is 25.4 Å². The van der Waals surface area contributed by atoms with E-state index < -0.39 is 0 Å². The highest BCUT2D eigenvalue weighted by Gasteiger charge is 2.06. The van der Waals surface area contributed by atoms with E-state index in [4.69, 9.17) is 5.26 Å². The van der Waals surface area contributed by atoms with Gasteiger partial charge in [-0.1, -0.05) is 6.07 Å². The van der Waals surface area contributed by atoms with Crippen molar-refractivity contribution in [3.8, 4) is 6.07 Å². The third-order valence-corrected chi connectivity index (χ3v) is 2.68. The van der Waals surface area contributed by atoms with E-state index in [1.165, 1.54) is 6.07 Å². The molecule has 0 bridgehead atoms. The van der Waals surface area contributed by atoms with Gasteiger partial charge in [0.25, 0.3) is 0 Å². The predicted octanol–water partition coefficient (Wildman–Crippen LogP) is 3.01. The molecule has 0 amide bonds. The Hall–Kier alpha value is -2.41. The lowest BCUT2D eigenvalue weighted by molar-refractivity contribution is 0.618. The molecular weight excluding hydrogens is 229 g/mol. The normalized spacial score (nSPS) is 9.83. The first-order chi connectivity index (χ1) is 8.70. The zero-order valence-electron chi connectivity index (χ0n) is 9.94. The van der Waals surface area contributed by atoms with Crippen LogP contribution in [0.5, 0.6) is 0 Å². The standard InChI is InChI=1S/C14H12FN3/c1-10-13(15)5-12(7-16)6-14(10)18-9-11-3-2-4-17-8-11/h2-6,8,18H,9H2,1H3. The van der Waals surface area contributed by atoms with Gasteiger partial charge >= 0.3 is 0 Å². The van der Waals surface area contributed by atoms with Gasteiger partial charge in [0, 0.05) is 30.2 Å². The van der Waals surface area contributed by atoms with Gasteiger partial charge in [0.15, 0.2) is 0 Å². The van der Waals surface area contributed by atoms with E-state index >= 15 is 0 Å². The summed E-state index contributed by atoms with van der Waals surface area (Å²) in [6.45, 7) is 2.23. The Morgan fingerprint density at radius 3 is 2.94 bits per heavy atom. The molecule has 0 unspecified atom stereocenters. The van der Waals surface area contributed by atoms with Crippen LogP contribution in [-0.2, 0) is 6.54 Å². The van der Waals surface area contributed by atoms with Crippen LogP contribution < -0.4 is 5.32 Å². The summed E-state index contributed by atoms with van der Waals surface area (Å²) in [4.78, 5) is 4.00. The minimum Gasteiger partial charge on any atom is -0.381 e. The van der Waals surface area contributed by atoms with E-state index in [0.717, 1.165) is 5.56 Å². The van der Waals surface area contributed by atoms with E-state index in [2.05, 4.69) is 10.3 Å². The van der Waals surface area contributed by atoms with Crippen molar-refractivity contribution in [3.63, 3.8) is 0 Å². The average Bonchev–Trinajstić information content (AvgIpc) is 2.41. The molecule has 1 heterocycles. The highest BCUT2D eigenvalue weighted by Crippen LogP contribution is 2.20. The van der Waals surface area contributed by atoms with Gasteiger partial charge in [-0.2, -0.15) is 5.26 Å². The van der Waals surface area contributed by atoms with Crippen LogP contribution in [0.15, 0.2) is 36.7 Å². The molecule has 0 aliphatic rings. The van der Waals surface area contributed by atoms with Crippen molar-refractivity contribution in [2.45, 2.75) is 13.5 Å². The Morgan fingerprint density at radius 1 is 1.44 bits per heavy atom. The second-order valence-corrected chi connectivity index (χ2v) is 3.96. The van der Waals surface area contributed by atoms with Crippen molar-refractivity contribution in [1.82, 2.24) is 4.98 Å². The fourth-order valence-corrected chi connectivity index (χ4v) is 1.63. The van der Waals surface area contributed by atoms with Crippen LogP contribution in [-0.4, -0.2) is 4.98 Å². The molecule has 1 aromatic carbocycles. The molecule has 0 spiro atoms. The number of aromatic nitrogens is 1. The highest BCUT2D eigenvalue weighted by atomic mass is 19.1. The summed E-state index contributed by atoms with van der Waals surface area (Å²) in [5.41, 5.74) is 2.46. The van der Waals surface area contributed by atoms with Gasteiger partial charge in [-0.05, 0) is 30.7 Å². The Morgan fingerprint density at radius 2 is 2.28 bits per heavy atom.